The first-order valence-corrected chi connectivity index (χ1v) is 10.7. The first-order valence-electron chi connectivity index (χ1n) is 10.7. The summed E-state index contributed by atoms with van der Waals surface area (Å²) in [6, 6.07) is 0. The van der Waals surface area contributed by atoms with E-state index in [-0.39, 0.29) is 17.9 Å². The highest BCUT2D eigenvalue weighted by molar-refractivity contribution is 5.23. The molecule has 0 aromatic rings. The lowest BCUT2D eigenvalue weighted by Crippen LogP contribution is -2.60. The van der Waals surface area contributed by atoms with E-state index < -0.39 is 11.4 Å². The third kappa shape index (κ3) is 2.28. The summed E-state index contributed by atoms with van der Waals surface area (Å²) >= 11 is 0. The average molecular weight is 363 g/mol. The van der Waals surface area contributed by atoms with Crippen molar-refractivity contribution in [1.29, 1.82) is 0 Å². The van der Waals surface area contributed by atoms with Crippen molar-refractivity contribution in [3.05, 3.63) is 12.2 Å². The van der Waals surface area contributed by atoms with Gasteiger partial charge in [0.05, 0.1) is 30.8 Å². The lowest BCUT2D eigenvalue weighted by molar-refractivity contribution is -0.237. The highest BCUT2D eigenvalue weighted by Gasteiger charge is 2.63. The number of rotatable bonds is 1. The molecule has 4 aliphatic carbocycles. The van der Waals surface area contributed by atoms with E-state index in [2.05, 4.69) is 19.1 Å². The molecule has 2 N–H and O–H groups in total. The molecule has 8 atom stereocenters. The molecule has 5 aliphatic rings. The molecule has 26 heavy (non-hydrogen) atoms. The van der Waals surface area contributed by atoms with Crippen molar-refractivity contribution in [2.45, 2.75) is 76.3 Å². The van der Waals surface area contributed by atoms with Crippen molar-refractivity contribution in [3.63, 3.8) is 0 Å². The smallest absolute Gasteiger partial charge is 0.174 e. The Morgan fingerprint density at radius 2 is 1.73 bits per heavy atom. The number of hydrogen-bond acceptors (Lipinski definition) is 4. The highest BCUT2D eigenvalue weighted by atomic mass is 16.7. The van der Waals surface area contributed by atoms with Gasteiger partial charge in [0.1, 0.15) is 0 Å². The van der Waals surface area contributed by atoms with E-state index >= 15 is 0 Å². The van der Waals surface area contributed by atoms with Gasteiger partial charge in [-0.3, -0.25) is 0 Å². The molecule has 0 aromatic heterocycles. The van der Waals surface area contributed by atoms with Crippen molar-refractivity contribution in [2.75, 3.05) is 13.2 Å². The van der Waals surface area contributed by atoms with Gasteiger partial charge in [-0.15, -0.1) is 0 Å². The molecule has 0 amide bonds. The molecule has 0 bridgehead atoms. The second-order valence-corrected chi connectivity index (χ2v) is 10.1. The molecule has 4 heteroatoms. The Morgan fingerprint density at radius 3 is 2.50 bits per heavy atom. The average Bonchev–Trinajstić information content (AvgIpc) is 3.19. The Hall–Kier alpha value is -0.420. The second kappa shape index (κ2) is 5.79. The van der Waals surface area contributed by atoms with E-state index in [1.54, 1.807) is 0 Å². The molecule has 0 radical (unpaired) electrons. The maximum absolute atomic E-state index is 11.8. The minimum Gasteiger partial charge on any atom is -0.393 e. The van der Waals surface area contributed by atoms with Crippen molar-refractivity contribution in [3.8, 4) is 0 Å². The van der Waals surface area contributed by atoms with Crippen LogP contribution in [0, 0.1) is 35.0 Å². The largest absolute Gasteiger partial charge is 0.393 e. The summed E-state index contributed by atoms with van der Waals surface area (Å²) in [4.78, 5) is 0. The van der Waals surface area contributed by atoms with Crippen LogP contribution in [0.3, 0.4) is 0 Å². The van der Waals surface area contributed by atoms with Crippen LogP contribution in [0.5, 0.6) is 0 Å². The zero-order chi connectivity index (χ0) is 18.2. The molecular weight excluding hydrogens is 328 g/mol. The van der Waals surface area contributed by atoms with Crippen LogP contribution in [-0.2, 0) is 9.47 Å². The van der Waals surface area contributed by atoms with Gasteiger partial charge < -0.3 is 19.7 Å². The molecule has 1 aliphatic heterocycles. The number of hydrogen-bond donors (Lipinski definition) is 2. The van der Waals surface area contributed by atoms with Crippen LogP contribution in [0.25, 0.3) is 0 Å². The van der Waals surface area contributed by atoms with Gasteiger partial charge in [-0.25, -0.2) is 0 Å². The molecule has 3 saturated carbocycles. The van der Waals surface area contributed by atoms with E-state index in [0.29, 0.717) is 36.4 Å². The monoisotopic (exact) mass is 362 g/mol. The van der Waals surface area contributed by atoms with Crippen LogP contribution >= 0.6 is 0 Å². The van der Waals surface area contributed by atoms with Crippen LogP contribution in [-0.4, -0.2) is 40.9 Å². The van der Waals surface area contributed by atoms with Crippen molar-refractivity contribution < 1.29 is 19.7 Å². The normalized spacial score (nSPS) is 55.2. The summed E-state index contributed by atoms with van der Waals surface area (Å²) in [6.45, 7) is 5.72. The maximum atomic E-state index is 11.8. The SMILES string of the molecule is CC1(C2C=C[C@H]3C4CCC5C[C@H](O)CCC5(C)[C@H]4CCC23O)OCCO1. The van der Waals surface area contributed by atoms with Gasteiger partial charge in [-0.05, 0) is 75.0 Å². The number of ether oxygens (including phenoxy) is 2. The fourth-order valence-electron chi connectivity index (χ4n) is 7.72. The van der Waals surface area contributed by atoms with Gasteiger partial charge in [0.2, 0.25) is 0 Å². The molecule has 5 rings (SSSR count). The van der Waals surface area contributed by atoms with E-state index in [0.717, 1.165) is 32.1 Å². The zero-order valence-electron chi connectivity index (χ0n) is 16.2. The Morgan fingerprint density at radius 1 is 0.962 bits per heavy atom. The van der Waals surface area contributed by atoms with Gasteiger partial charge in [0.15, 0.2) is 5.79 Å². The Bertz CT molecular complexity index is 597. The van der Waals surface area contributed by atoms with Crippen LogP contribution < -0.4 is 0 Å². The first kappa shape index (κ1) is 17.7. The lowest BCUT2D eigenvalue weighted by Gasteiger charge is -2.60. The van der Waals surface area contributed by atoms with Crippen molar-refractivity contribution in [2.24, 2.45) is 35.0 Å². The standard InChI is InChI=1S/C22H34O4/c1-20-9-7-15(23)13-14(20)3-4-16-17(20)8-10-22(24)18(16)5-6-19(22)21(2)25-11-12-26-21/h5-6,14-19,23-24H,3-4,7-13H2,1-2H3/t14?,15-,16?,17+,18+,19?,20?,22?/m1/s1. The van der Waals surface area contributed by atoms with Gasteiger partial charge in [-0.2, -0.15) is 0 Å². The minimum atomic E-state index is -0.725. The molecule has 0 aromatic carbocycles. The second-order valence-electron chi connectivity index (χ2n) is 10.1. The van der Waals surface area contributed by atoms with Gasteiger partial charge in [0.25, 0.3) is 0 Å². The third-order valence-corrected chi connectivity index (χ3v) is 9.09. The number of aliphatic hydroxyl groups is 2. The highest BCUT2D eigenvalue weighted by Crippen LogP contribution is 2.64. The van der Waals surface area contributed by atoms with Crippen LogP contribution in [0.15, 0.2) is 12.2 Å². The topological polar surface area (TPSA) is 58.9 Å². The molecule has 1 heterocycles. The van der Waals surface area contributed by atoms with Gasteiger partial charge in [0, 0.05) is 5.92 Å². The Kier molecular flexibility index (Phi) is 3.93. The summed E-state index contributed by atoms with van der Waals surface area (Å²) < 4.78 is 11.9. The van der Waals surface area contributed by atoms with E-state index in [1.807, 2.05) is 6.92 Å². The van der Waals surface area contributed by atoms with Crippen molar-refractivity contribution in [1.82, 2.24) is 0 Å². The molecule has 0 spiro atoms. The summed E-state index contributed by atoms with van der Waals surface area (Å²) in [5.74, 6) is 1.35. The quantitative estimate of drug-likeness (QED) is 0.703. The Balaban J connectivity index is 1.43. The van der Waals surface area contributed by atoms with Crippen LogP contribution in [0.1, 0.15) is 58.8 Å². The number of fused-ring (bicyclic) bond motifs is 5. The molecule has 4 fully saturated rings. The summed E-state index contributed by atoms with van der Waals surface area (Å²) in [5, 5.41) is 22.0. The van der Waals surface area contributed by atoms with Crippen molar-refractivity contribution >= 4 is 0 Å². The molecule has 4 nitrogen and oxygen atoms in total. The predicted molar refractivity (Wildman–Crippen MR) is 98.3 cm³/mol. The van der Waals surface area contributed by atoms with E-state index in [9.17, 15) is 10.2 Å². The van der Waals surface area contributed by atoms with Crippen LogP contribution in [0.2, 0.25) is 0 Å². The molecular formula is C22H34O4. The lowest BCUT2D eigenvalue weighted by atomic mass is 9.46. The van der Waals surface area contributed by atoms with Crippen LogP contribution in [0.4, 0.5) is 0 Å². The van der Waals surface area contributed by atoms with Gasteiger partial charge in [-0.1, -0.05) is 19.1 Å². The first-order chi connectivity index (χ1) is 12.4. The summed E-state index contributed by atoms with van der Waals surface area (Å²) in [5.41, 5.74) is -0.392. The fraction of sp³-hybridized carbons (Fsp3) is 0.909. The van der Waals surface area contributed by atoms with E-state index in [1.165, 1.54) is 12.8 Å². The third-order valence-electron chi connectivity index (χ3n) is 9.09. The predicted octanol–water partition coefficient (Wildman–Crippen LogP) is 3.27. The fourth-order valence-corrected chi connectivity index (χ4v) is 7.72. The number of aliphatic hydroxyl groups excluding tert-OH is 1. The Labute approximate surface area is 156 Å². The van der Waals surface area contributed by atoms with Gasteiger partial charge >= 0.3 is 0 Å². The summed E-state index contributed by atoms with van der Waals surface area (Å²) in [7, 11) is 0. The maximum Gasteiger partial charge on any atom is 0.174 e. The zero-order valence-corrected chi connectivity index (χ0v) is 16.2. The molecule has 1 saturated heterocycles. The van der Waals surface area contributed by atoms with E-state index in [4.69, 9.17) is 9.47 Å². The molecule has 146 valence electrons. The summed E-state index contributed by atoms with van der Waals surface area (Å²) in [6.07, 6.45) is 11.8. The molecule has 5 unspecified atom stereocenters. The minimum absolute atomic E-state index is 0.0674.